The lowest BCUT2D eigenvalue weighted by atomic mass is 10.1. The Hall–Kier alpha value is -2.18. The molecule has 2 aromatic rings. The average Bonchev–Trinajstić information content (AvgIpc) is 2.77. The van der Waals surface area contributed by atoms with E-state index in [0.717, 1.165) is 12.1 Å². The summed E-state index contributed by atoms with van der Waals surface area (Å²) in [6.45, 7) is 0. The number of ether oxygens (including phenoxy) is 2. The summed E-state index contributed by atoms with van der Waals surface area (Å²) in [5.41, 5.74) is 11.2. The molecular formula is C21H32F2I2N6O4. The monoisotopic (exact) mass is 728 g/mol. The second-order valence-electron chi connectivity index (χ2n) is 5.52. The molecule has 0 unspecified atom stereocenters. The number of rotatable bonds is 5. The fourth-order valence-corrected chi connectivity index (χ4v) is 1.91. The molecule has 14 heteroatoms. The summed E-state index contributed by atoms with van der Waals surface area (Å²) in [6, 6.07) is 2.37. The van der Waals surface area contributed by atoms with Gasteiger partial charge < -0.3 is 20.9 Å². The highest BCUT2D eigenvalue weighted by Gasteiger charge is 2.09. The molecule has 198 valence electrons. The molecule has 0 fully saturated rings. The van der Waals surface area contributed by atoms with Gasteiger partial charge in [-0.25, -0.2) is 23.5 Å². The van der Waals surface area contributed by atoms with E-state index in [1.54, 1.807) is 14.1 Å². The third kappa shape index (κ3) is 17.8. The Balaban J connectivity index is -0.000000476. The Morgan fingerprint density at radius 1 is 1.06 bits per heavy atom. The predicted molar refractivity (Wildman–Crippen MR) is 151 cm³/mol. The number of esters is 2. The molecule has 0 bridgehead atoms. The van der Waals surface area contributed by atoms with Crippen LogP contribution in [0.25, 0.3) is 6.08 Å². The molecule has 0 atom stereocenters. The first-order valence-corrected chi connectivity index (χ1v) is 11.1. The molecule has 10 nitrogen and oxygen atoms in total. The van der Waals surface area contributed by atoms with E-state index in [0.29, 0.717) is 0 Å². The smallest absolute Gasteiger partial charge is 0.330 e. The molecule has 2 aromatic heterocycles. The molecular weight excluding hydrogens is 692 g/mol. The molecule has 0 saturated heterocycles. The fourth-order valence-electron chi connectivity index (χ4n) is 1.91. The van der Waals surface area contributed by atoms with Gasteiger partial charge in [-0.15, -0.1) is 0 Å². The summed E-state index contributed by atoms with van der Waals surface area (Å²) >= 11 is 3.69. The van der Waals surface area contributed by atoms with E-state index in [4.69, 9.17) is 14.3 Å². The van der Waals surface area contributed by atoms with Crippen molar-refractivity contribution in [3.8, 4) is 0 Å². The van der Waals surface area contributed by atoms with Gasteiger partial charge in [0.25, 0.3) is 0 Å². The van der Waals surface area contributed by atoms with Crippen molar-refractivity contribution in [2.75, 3.05) is 39.8 Å². The van der Waals surface area contributed by atoms with Gasteiger partial charge in [-0.1, -0.05) is 7.43 Å². The molecule has 0 radical (unpaired) electrons. The third-order valence-electron chi connectivity index (χ3n) is 3.39. The molecule has 35 heavy (non-hydrogen) atoms. The van der Waals surface area contributed by atoms with Crippen LogP contribution < -0.4 is 18.5 Å². The zero-order valence-corrected chi connectivity index (χ0v) is 23.3. The lowest BCUT2D eigenvalue weighted by Crippen LogP contribution is -2.06. The minimum atomic E-state index is -0.576. The number of aromatic nitrogens is 2. The maximum absolute atomic E-state index is 13.1. The van der Waals surface area contributed by atoms with Crippen LogP contribution in [0.1, 0.15) is 25.0 Å². The van der Waals surface area contributed by atoms with Gasteiger partial charge in [0.1, 0.15) is 26.1 Å². The van der Waals surface area contributed by atoms with Crippen molar-refractivity contribution >= 4 is 75.4 Å². The van der Waals surface area contributed by atoms with Gasteiger partial charge in [0, 0.05) is 76.2 Å². The summed E-state index contributed by atoms with van der Waals surface area (Å²) < 4.78 is 50.2. The van der Waals surface area contributed by atoms with E-state index in [2.05, 4.69) is 19.4 Å². The van der Waals surface area contributed by atoms with Crippen LogP contribution in [0.5, 0.6) is 0 Å². The molecule has 0 spiro atoms. The highest BCUT2D eigenvalue weighted by atomic mass is 127. The van der Waals surface area contributed by atoms with Crippen molar-refractivity contribution in [1.29, 1.82) is 0 Å². The summed E-state index contributed by atoms with van der Waals surface area (Å²) in [7, 11) is 5.82. The van der Waals surface area contributed by atoms with Crippen LogP contribution in [0.3, 0.4) is 0 Å². The summed E-state index contributed by atoms with van der Waals surface area (Å²) in [6.07, 6.45) is 5.15. The Labute approximate surface area is 235 Å². The van der Waals surface area contributed by atoms with Gasteiger partial charge >= 0.3 is 11.9 Å². The number of nitrogen functional groups attached to an aromatic ring is 2. The Kier molecular flexibility index (Phi) is 22.1. The average molecular weight is 728 g/mol. The number of methoxy groups -OCH3 is 2. The minimum absolute atomic E-state index is 0. The second-order valence-corrected chi connectivity index (χ2v) is 7.45. The van der Waals surface area contributed by atoms with Gasteiger partial charge in [0.15, 0.2) is 0 Å². The van der Waals surface area contributed by atoms with Gasteiger partial charge in [0.2, 0.25) is 0 Å². The second kappa shape index (κ2) is 23.6. The number of carbonyl (C=O) groups excluding carboxylic acids is 2. The van der Waals surface area contributed by atoms with Crippen molar-refractivity contribution < 1.29 is 30.7 Å². The van der Waals surface area contributed by atoms with E-state index >= 15 is 0 Å². The zero-order chi connectivity index (χ0) is 28.3. The number of hydrogen-bond acceptors (Lipinski definition) is 10. The number of anilines is 2. The van der Waals surface area contributed by atoms with E-state index in [1.807, 2.05) is 45.7 Å². The van der Waals surface area contributed by atoms with Gasteiger partial charge in [-0.2, -0.15) is 0 Å². The van der Waals surface area contributed by atoms with Crippen LogP contribution in [0.15, 0.2) is 30.6 Å². The molecule has 0 saturated carbocycles. The molecule has 2 rings (SSSR count). The van der Waals surface area contributed by atoms with Crippen molar-refractivity contribution in [1.82, 2.24) is 17.0 Å². The van der Waals surface area contributed by atoms with Crippen LogP contribution in [-0.4, -0.2) is 50.2 Å². The third-order valence-corrected chi connectivity index (χ3v) is 3.39. The number of hydrogen-bond donors (Lipinski definition) is 4. The fraction of sp³-hybridized carbons (Fsp3) is 0.333. The summed E-state index contributed by atoms with van der Waals surface area (Å²) in [5, 5.41) is 0. The maximum atomic E-state index is 13.1. The number of nitrogens with one attached hydrogen (secondary N) is 2. The summed E-state index contributed by atoms with van der Waals surface area (Å²) in [4.78, 5) is 28.9. The number of nitrogens with two attached hydrogens (primary N) is 2. The van der Waals surface area contributed by atoms with Gasteiger partial charge in [-0.05, 0) is 38.7 Å². The number of halogens is 4. The van der Waals surface area contributed by atoms with Crippen molar-refractivity contribution in [3.05, 3.63) is 53.4 Å². The van der Waals surface area contributed by atoms with E-state index in [1.165, 1.54) is 45.8 Å². The highest BCUT2D eigenvalue weighted by molar-refractivity contribution is 14.1. The lowest BCUT2D eigenvalue weighted by Gasteiger charge is -2.04. The van der Waals surface area contributed by atoms with E-state index in [-0.39, 0.29) is 43.0 Å². The first-order chi connectivity index (χ1) is 16.8. The standard InChI is InChI=1S/C9H11FN2O2.C9H9FN2O2.2CH4IN.CH4/c2*1-14-8(13)3-2-6-7(10)4-5-12-9(6)11;2*1-3-2;/h4-5H,2-3H2,1H3,(H2,11,12);2-5H,1H3,(H2,11,12);2*3H,1H3;1H4/b;3-2+;;;/i/hT2. The number of carbonyl (C=O) groups is 2. The van der Waals surface area contributed by atoms with Crippen LogP contribution in [0, 0.1) is 11.6 Å². The first kappa shape index (κ1) is 32.8. The van der Waals surface area contributed by atoms with Crippen LogP contribution in [0.4, 0.5) is 20.4 Å². The van der Waals surface area contributed by atoms with Crippen molar-refractivity contribution in [2.24, 2.45) is 0 Å². The van der Waals surface area contributed by atoms with E-state index < -0.39 is 23.6 Å². The zero-order valence-electron chi connectivity index (χ0n) is 21.0. The first-order valence-electron chi connectivity index (χ1n) is 10.0. The van der Waals surface area contributed by atoms with Crippen molar-refractivity contribution in [3.63, 3.8) is 0 Å². The normalized spacial score (nSPS) is 10.2. The van der Waals surface area contributed by atoms with Crippen LogP contribution in [-0.2, 0) is 25.5 Å². The lowest BCUT2D eigenvalue weighted by molar-refractivity contribution is -0.140. The Bertz CT molecular complexity index is 925. The Morgan fingerprint density at radius 3 is 1.97 bits per heavy atom. The van der Waals surface area contributed by atoms with Crippen LogP contribution in [0.2, 0.25) is 2.82 Å². The van der Waals surface area contributed by atoms with Gasteiger partial charge in [-0.3, -0.25) is 11.8 Å². The molecule has 0 amide bonds. The molecule has 0 aliphatic heterocycles. The highest BCUT2D eigenvalue weighted by Crippen LogP contribution is 2.15. The molecule has 0 aromatic carbocycles. The van der Waals surface area contributed by atoms with Crippen LogP contribution >= 0.6 is 45.7 Å². The van der Waals surface area contributed by atoms with E-state index in [9.17, 15) is 18.4 Å². The molecule has 0 aliphatic rings. The molecule has 0 aliphatic carbocycles. The maximum Gasteiger partial charge on any atom is 0.330 e. The molecule has 6 N–H and O–H groups in total. The quantitative estimate of drug-likeness (QED) is 0.155. The largest absolute Gasteiger partial charge is 0.469 e. The van der Waals surface area contributed by atoms with Crippen molar-refractivity contribution in [2.45, 2.75) is 20.3 Å². The number of pyridine rings is 2. The predicted octanol–water partition coefficient (Wildman–Crippen LogP) is 3.65. The van der Waals surface area contributed by atoms with Gasteiger partial charge in [0.05, 0.1) is 19.8 Å². The summed E-state index contributed by atoms with van der Waals surface area (Å²) in [5.74, 6) is -1.79. The topological polar surface area (TPSA) is 154 Å². The minimum Gasteiger partial charge on any atom is -0.469 e. The SMILES string of the molecule is C.COC(=O)/C=C/c1c(F)ccnc1N.COC(=O)CCc1c(F)ccnc1N.[3H]N(C)I.[3H]N(C)I. The molecule has 2 heterocycles. The number of nitrogens with zero attached hydrogens (tertiary/aromatic N) is 2. The Morgan fingerprint density at radius 2 is 1.54 bits per heavy atom.